The fraction of sp³-hybridized carbons (Fsp3) is 0.304. The minimum atomic E-state index is -1.20. The molecule has 1 saturated heterocycles. The zero-order valence-corrected chi connectivity index (χ0v) is 19.3. The predicted molar refractivity (Wildman–Crippen MR) is 124 cm³/mol. The van der Waals surface area contributed by atoms with Crippen molar-refractivity contribution in [2.24, 2.45) is 0 Å². The van der Waals surface area contributed by atoms with Crippen LogP contribution in [0, 0.1) is 0 Å². The molecule has 1 atom stereocenters. The molecule has 1 aromatic carbocycles. The first-order valence-electron chi connectivity index (χ1n) is 11.0. The Morgan fingerprint density at radius 1 is 1.18 bits per heavy atom. The van der Waals surface area contributed by atoms with Crippen molar-refractivity contribution in [3.05, 3.63) is 60.4 Å². The number of rotatable bonds is 8. The molecule has 174 valence electrons. The first-order chi connectivity index (χ1) is 16.5. The van der Waals surface area contributed by atoms with Gasteiger partial charge in [-0.3, -0.25) is 24.6 Å². The van der Waals surface area contributed by atoms with Gasteiger partial charge in [0.2, 0.25) is 5.91 Å². The second kappa shape index (κ2) is 8.90. The second-order valence-electron chi connectivity index (χ2n) is 8.17. The standard InChI is InChI=1S/C23H23N7O3S/c1-2-23(16-8-4-3-5-9-16)20(32)30(21(33)25-23)28-18(31)14-34-22-27-26-19(29(22)17-10-11-17)15-7-6-12-24-13-15/h3-9,12-13,17H,2,10-11,14H2,1H3,(H,25,33)(H,28,31)/t23-/m0/s1. The van der Waals surface area contributed by atoms with Crippen molar-refractivity contribution in [2.45, 2.75) is 42.9 Å². The van der Waals surface area contributed by atoms with Crippen LogP contribution in [-0.4, -0.2) is 48.4 Å². The van der Waals surface area contributed by atoms with Crippen LogP contribution in [0.5, 0.6) is 0 Å². The highest BCUT2D eigenvalue weighted by Gasteiger charge is 2.52. The number of amides is 4. The quantitative estimate of drug-likeness (QED) is 0.378. The van der Waals surface area contributed by atoms with Gasteiger partial charge in [-0.25, -0.2) is 4.79 Å². The van der Waals surface area contributed by atoms with Crippen molar-refractivity contribution < 1.29 is 14.4 Å². The number of carbonyl (C=O) groups is 3. The molecule has 1 aliphatic carbocycles. The van der Waals surface area contributed by atoms with Gasteiger partial charge in [-0.2, -0.15) is 5.01 Å². The maximum atomic E-state index is 13.2. The number of nitrogens with zero attached hydrogens (tertiary/aromatic N) is 5. The summed E-state index contributed by atoms with van der Waals surface area (Å²) in [6, 6.07) is 12.4. The van der Waals surface area contributed by atoms with Gasteiger partial charge >= 0.3 is 6.03 Å². The lowest BCUT2D eigenvalue weighted by Gasteiger charge is -2.25. The first kappa shape index (κ1) is 22.1. The van der Waals surface area contributed by atoms with Crippen LogP contribution in [0.2, 0.25) is 0 Å². The highest BCUT2D eigenvalue weighted by atomic mass is 32.2. The molecule has 2 aromatic heterocycles. The number of hydrogen-bond donors (Lipinski definition) is 2. The van der Waals surface area contributed by atoms with Gasteiger partial charge in [0, 0.05) is 24.0 Å². The number of urea groups is 1. The number of nitrogens with one attached hydrogen (secondary N) is 2. The minimum Gasteiger partial charge on any atom is -0.318 e. The summed E-state index contributed by atoms with van der Waals surface area (Å²) in [5.74, 6) is -0.311. The minimum absolute atomic E-state index is 0.0284. The highest BCUT2D eigenvalue weighted by molar-refractivity contribution is 7.99. The molecule has 2 aliphatic rings. The van der Waals surface area contributed by atoms with Crippen LogP contribution in [0.3, 0.4) is 0 Å². The molecule has 0 radical (unpaired) electrons. The van der Waals surface area contributed by atoms with E-state index < -0.39 is 23.4 Å². The van der Waals surface area contributed by atoms with E-state index in [0.717, 1.165) is 23.4 Å². The van der Waals surface area contributed by atoms with E-state index in [1.165, 1.54) is 11.8 Å². The highest BCUT2D eigenvalue weighted by Crippen LogP contribution is 2.41. The molecule has 1 aliphatic heterocycles. The van der Waals surface area contributed by atoms with E-state index in [1.807, 2.05) is 29.7 Å². The lowest BCUT2D eigenvalue weighted by Crippen LogP contribution is -2.49. The van der Waals surface area contributed by atoms with Crippen LogP contribution in [-0.2, 0) is 15.1 Å². The molecular weight excluding hydrogens is 454 g/mol. The molecule has 0 unspecified atom stereocenters. The Kier molecular flexibility index (Phi) is 5.78. The van der Waals surface area contributed by atoms with Crippen molar-refractivity contribution >= 4 is 29.6 Å². The van der Waals surface area contributed by atoms with Crippen LogP contribution >= 0.6 is 11.8 Å². The third-order valence-electron chi connectivity index (χ3n) is 5.95. The smallest absolute Gasteiger partial charge is 0.318 e. The van der Waals surface area contributed by atoms with E-state index in [1.54, 1.807) is 36.7 Å². The number of imide groups is 1. The molecule has 11 heteroatoms. The number of hydrazine groups is 1. The van der Waals surface area contributed by atoms with Crippen LogP contribution < -0.4 is 10.7 Å². The summed E-state index contributed by atoms with van der Waals surface area (Å²) in [4.78, 5) is 42.6. The van der Waals surface area contributed by atoms with E-state index in [-0.39, 0.29) is 11.8 Å². The lowest BCUT2D eigenvalue weighted by atomic mass is 9.87. The molecule has 4 amide bonds. The Morgan fingerprint density at radius 3 is 2.65 bits per heavy atom. The Balaban J connectivity index is 1.28. The normalized spacial score (nSPS) is 19.9. The van der Waals surface area contributed by atoms with Gasteiger partial charge in [0.1, 0.15) is 5.54 Å². The third-order valence-corrected chi connectivity index (χ3v) is 6.90. The molecule has 5 rings (SSSR count). The Labute approximate surface area is 200 Å². The summed E-state index contributed by atoms with van der Waals surface area (Å²) in [6.07, 6.45) is 5.82. The lowest BCUT2D eigenvalue weighted by molar-refractivity contribution is -0.138. The molecule has 2 N–H and O–H groups in total. The molecule has 1 saturated carbocycles. The number of aromatic nitrogens is 4. The number of benzene rings is 1. The molecule has 34 heavy (non-hydrogen) atoms. The zero-order valence-electron chi connectivity index (χ0n) is 18.5. The summed E-state index contributed by atoms with van der Waals surface area (Å²) in [7, 11) is 0. The van der Waals surface area contributed by atoms with Crippen LogP contribution in [0.1, 0.15) is 37.8 Å². The fourth-order valence-electron chi connectivity index (χ4n) is 4.05. The Bertz CT molecular complexity index is 1230. The number of pyridine rings is 1. The van der Waals surface area contributed by atoms with E-state index in [9.17, 15) is 14.4 Å². The van der Waals surface area contributed by atoms with Gasteiger partial charge in [-0.15, -0.1) is 10.2 Å². The maximum absolute atomic E-state index is 13.2. The van der Waals surface area contributed by atoms with E-state index >= 15 is 0 Å². The average molecular weight is 478 g/mol. The van der Waals surface area contributed by atoms with Crippen molar-refractivity contribution in [3.63, 3.8) is 0 Å². The molecule has 0 bridgehead atoms. The number of carbonyl (C=O) groups excluding carboxylic acids is 3. The molecular formula is C23H23N7O3S. The van der Waals surface area contributed by atoms with Gasteiger partial charge in [0.05, 0.1) is 5.75 Å². The van der Waals surface area contributed by atoms with E-state index in [2.05, 4.69) is 25.9 Å². The first-order valence-corrected chi connectivity index (χ1v) is 12.0. The summed E-state index contributed by atoms with van der Waals surface area (Å²) >= 11 is 1.21. The maximum Gasteiger partial charge on any atom is 0.344 e. The SMILES string of the molecule is CC[C@@]1(c2ccccc2)NC(=O)N(NC(=O)CSc2nnc(-c3cccnc3)n2C2CC2)C1=O. The average Bonchev–Trinajstić information content (AvgIpc) is 3.58. The van der Waals surface area contributed by atoms with Crippen molar-refractivity contribution in [3.8, 4) is 11.4 Å². The summed E-state index contributed by atoms with van der Waals surface area (Å²) in [6.45, 7) is 1.82. The number of hydrogen-bond acceptors (Lipinski definition) is 7. The van der Waals surface area contributed by atoms with Crippen molar-refractivity contribution in [1.82, 2.24) is 35.5 Å². The van der Waals surface area contributed by atoms with E-state index in [4.69, 9.17) is 0 Å². The Hall–Kier alpha value is -3.73. The molecule has 0 spiro atoms. The van der Waals surface area contributed by atoms with Crippen LogP contribution in [0.25, 0.3) is 11.4 Å². The fourth-order valence-corrected chi connectivity index (χ4v) is 4.85. The predicted octanol–water partition coefficient (Wildman–Crippen LogP) is 2.66. The number of thioether (sulfide) groups is 1. The molecule has 2 fully saturated rings. The molecule has 10 nitrogen and oxygen atoms in total. The van der Waals surface area contributed by atoms with Gasteiger partial charge < -0.3 is 5.32 Å². The molecule has 3 heterocycles. The third kappa shape index (κ3) is 3.92. The monoisotopic (exact) mass is 477 g/mol. The summed E-state index contributed by atoms with van der Waals surface area (Å²) < 4.78 is 2.03. The molecule has 3 aromatic rings. The van der Waals surface area contributed by atoms with Crippen LogP contribution in [0.4, 0.5) is 4.79 Å². The topological polar surface area (TPSA) is 122 Å². The largest absolute Gasteiger partial charge is 0.344 e. The summed E-state index contributed by atoms with van der Waals surface area (Å²) in [5, 5.41) is 12.7. The Morgan fingerprint density at radius 2 is 1.97 bits per heavy atom. The van der Waals surface area contributed by atoms with Gasteiger partial charge in [0.15, 0.2) is 11.0 Å². The van der Waals surface area contributed by atoms with Gasteiger partial charge in [0.25, 0.3) is 5.91 Å². The van der Waals surface area contributed by atoms with Gasteiger partial charge in [-0.05, 0) is 37.0 Å². The summed E-state index contributed by atoms with van der Waals surface area (Å²) in [5.41, 5.74) is 2.77. The zero-order chi connectivity index (χ0) is 23.7. The van der Waals surface area contributed by atoms with Crippen molar-refractivity contribution in [2.75, 3.05) is 5.75 Å². The van der Waals surface area contributed by atoms with Crippen molar-refractivity contribution in [1.29, 1.82) is 0 Å². The van der Waals surface area contributed by atoms with E-state index in [0.29, 0.717) is 23.0 Å². The van der Waals surface area contributed by atoms with Crippen LogP contribution in [0.15, 0.2) is 60.0 Å². The van der Waals surface area contributed by atoms with Gasteiger partial charge in [-0.1, -0.05) is 49.0 Å². The second-order valence-corrected chi connectivity index (χ2v) is 9.11.